The van der Waals surface area contributed by atoms with E-state index in [4.69, 9.17) is 26.1 Å². The van der Waals surface area contributed by atoms with Crippen molar-refractivity contribution >= 4 is 17.3 Å². The number of benzene rings is 1. The molecule has 4 nitrogen and oxygen atoms in total. The summed E-state index contributed by atoms with van der Waals surface area (Å²) in [5.41, 5.74) is 1.72. The van der Waals surface area contributed by atoms with Gasteiger partial charge in [-0.2, -0.15) is 0 Å². The molecule has 0 saturated carbocycles. The minimum Gasteiger partial charge on any atom is -0.496 e. The van der Waals surface area contributed by atoms with E-state index in [1.54, 1.807) is 20.3 Å². The maximum atomic E-state index is 6.20. The van der Waals surface area contributed by atoms with Crippen molar-refractivity contribution in [3.63, 3.8) is 0 Å². The lowest BCUT2D eigenvalue weighted by Gasteiger charge is -2.18. The van der Waals surface area contributed by atoms with Gasteiger partial charge in [-0.05, 0) is 45.5 Å². The predicted molar refractivity (Wildman–Crippen MR) is 82.4 cm³/mol. The highest BCUT2D eigenvalue weighted by molar-refractivity contribution is 6.33. The molecule has 1 saturated heterocycles. The van der Waals surface area contributed by atoms with Gasteiger partial charge in [0.2, 0.25) is 0 Å². The number of hydrogen-bond donors (Lipinski definition) is 0. The molecule has 0 aromatic heterocycles. The molecule has 0 aliphatic carbocycles. The van der Waals surface area contributed by atoms with E-state index < -0.39 is 0 Å². The summed E-state index contributed by atoms with van der Waals surface area (Å²) in [6, 6.07) is 3.62. The van der Waals surface area contributed by atoms with E-state index in [1.165, 1.54) is 6.42 Å². The number of hydrogen-bond acceptors (Lipinski definition) is 4. The Morgan fingerprint density at radius 1 is 1.35 bits per heavy atom. The van der Waals surface area contributed by atoms with Crippen LogP contribution in [0.2, 0.25) is 5.02 Å². The molecular weight excluding hydrogens is 276 g/mol. The predicted octanol–water partition coefficient (Wildman–Crippen LogP) is 3.22. The normalized spacial score (nSPS) is 20.2. The third-order valence-corrected chi connectivity index (χ3v) is 3.98. The van der Waals surface area contributed by atoms with Crippen molar-refractivity contribution in [3.05, 3.63) is 22.7 Å². The number of likely N-dealkylation sites (tertiary alicyclic amines) is 1. The molecule has 0 N–H and O–H groups in total. The van der Waals surface area contributed by atoms with Gasteiger partial charge in [0.25, 0.3) is 0 Å². The molecular formula is C15H21ClN2O2. The summed E-state index contributed by atoms with van der Waals surface area (Å²) in [6.07, 6.45) is 2.49. The van der Waals surface area contributed by atoms with Crippen molar-refractivity contribution in [2.75, 3.05) is 27.8 Å². The summed E-state index contributed by atoms with van der Waals surface area (Å²) in [6.45, 7) is 3.06. The number of ether oxygens (including phenoxy) is 2. The van der Waals surface area contributed by atoms with Crippen LogP contribution in [0, 0.1) is 0 Å². The molecule has 0 spiro atoms. The molecule has 0 bridgehead atoms. The topological polar surface area (TPSA) is 34.1 Å². The fraction of sp³-hybridized carbons (Fsp3) is 0.533. The van der Waals surface area contributed by atoms with Gasteiger partial charge in [-0.15, -0.1) is 0 Å². The first kappa shape index (κ1) is 15.1. The fourth-order valence-electron chi connectivity index (χ4n) is 2.60. The number of halogens is 1. The second kappa shape index (κ2) is 6.46. The van der Waals surface area contributed by atoms with E-state index in [2.05, 4.69) is 11.9 Å². The third-order valence-electron chi connectivity index (χ3n) is 3.68. The van der Waals surface area contributed by atoms with Gasteiger partial charge < -0.3 is 9.47 Å². The summed E-state index contributed by atoms with van der Waals surface area (Å²) in [4.78, 5) is 7.07. The van der Waals surface area contributed by atoms with Crippen LogP contribution in [-0.4, -0.2) is 44.6 Å². The number of methoxy groups -OCH3 is 2. The van der Waals surface area contributed by atoms with Gasteiger partial charge in [0, 0.05) is 5.71 Å². The summed E-state index contributed by atoms with van der Waals surface area (Å²) in [5, 5.41) is 0.567. The minimum absolute atomic E-state index is 0.225. The SMILES string of the molecule is COc1ccc(Cl)c(OC)c1C(C)=NC1CCCN1C. The van der Waals surface area contributed by atoms with Crippen LogP contribution in [0.4, 0.5) is 0 Å². The highest BCUT2D eigenvalue weighted by Gasteiger charge is 2.22. The van der Waals surface area contributed by atoms with Crippen molar-refractivity contribution in [1.29, 1.82) is 0 Å². The van der Waals surface area contributed by atoms with Gasteiger partial charge in [0.15, 0.2) is 0 Å². The van der Waals surface area contributed by atoms with Crippen molar-refractivity contribution in [2.45, 2.75) is 25.9 Å². The van der Waals surface area contributed by atoms with E-state index in [-0.39, 0.29) is 6.17 Å². The van der Waals surface area contributed by atoms with E-state index in [9.17, 15) is 0 Å². The van der Waals surface area contributed by atoms with Gasteiger partial charge in [0.05, 0.1) is 24.8 Å². The molecule has 1 aromatic carbocycles. The molecule has 0 radical (unpaired) electrons. The average molecular weight is 297 g/mol. The lowest BCUT2D eigenvalue weighted by atomic mass is 10.1. The lowest BCUT2D eigenvalue weighted by Crippen LogP contribution is -2.24. The standard InChI is InChI=1S/C15H21ClN2O2/c1-10(17-13-6-5-9-18(13)2)14-12(19-3)8-7-11(16)15(14)20-4/h7-8,13H,5-6,9H2,1-4H3. The van der Waals surface area contributed by atoms with Crippen molar-refractivity contribution in [3.8, 4) is 11.5 Å². The Morgan fingerprint density at radius 3 is 2.65 bits per heavy atom. The Morgan fingerprint density at radius 2 is 2.10 bits per heavy atom. The quantitative estimate of drug-likeness (QED) is 0.800. The molecule has 1 heterocycles. The zero-order valence-corrected chi connectivity index (χ0v) is 13.2. The van der Waals surface area contributed by atoms with Crippen LogP contribution < -0.4 is 9.47 Å². The number of aliphatic imine (C=N–C) groups is 1. The zero-order valence-electron chi connectivity index (χ0n) is 12.4. The molecule has 20 heavy (non-hydrogen) atoms. The molecule has 1 aliphatic rings. The van der Waals surface area contributed by atoms with Crippen LogP contribution in [0.5, 0.6) is 11.5 Å². The van der Waals surface area contributed by atoms with Crippen molar-refractivity contribution < 1.29 is 9.47 Å². The Balaban J connectivity index is 2.44. The maximum Gasteiger partial charge on any atom is 0.150 e. The van der Waals surface area contributed by atoms with Gasteiger partial charge in [-0.3, -0.25) is 9.89 Å². The first-order valence-corrected chi connectivity index (χ1v) is 7.11. The highest BCUT2D eigenvalue weighted by atomic mass is 35.5. The molecule has 1 unspecified atom stereocenters. The summed E-state index contributed by atoms with van der Waals surface area (Å²) < 4.78 is 10.8. The van der Waals surface area contributed by atoms with E-state index >= 15 is 0 Å². The molecule has 1 atom stereocenters. The van der Waals surface area contributed by atoms with Crippen LogP contribution in [0.25, 0.3) is 0 Å². The Bertz CT molecular complexity index is 517. The van der Waals surface area contributed by atoms with Crippen LogP contribution in [-0.2, 0) is 0 Å². The molecule has 1 aromatic rings. The number of nitrogens with zero attached hydrogens (tertiary/aromatic N) is 2. The van der Waals surface area contributed by atoms with E-state index in [1.807, 2.05) is 13.0 Å². The molecule has 2 rings (SSSR count). The fourth-order valence-corrected chi connectivity index (χ4v) is 2.83. The Kier molecular flexibility index (Phi) is 4.89. The minimum atomic E-state index is 0.225. The van der Waals surface area contributed by atoms with Crippen molar-refractivity contribution in [1.82, 2.24) is 4.90 Å². The summed E-state index contributed by atoms with van der Waals surface area (Å²) in [5.74, 6) is 1.35. The van der Waals surface area contributed by atoms with Crippen LogP contribution in [0.15, 0.2) is 17.1 Å². The second-order valence-electron chi connectivity index (χ2n) is 4.98. The average Bonchev–Trinajstić information content (AvgIpc) is 2.83. The van der Waals surface area contributed by atoms with Crippen molar-refractivity contribution in [2.24, 2.45) is 4.99 Å². The van der Waals surface area contributed by atoms with Gasteiger partial charge >= 0.3 is 0 Å². The Hall–Kier alpha value is -1.26. The highest BCUT2D eigenvalue weighted by Crippen LogP contribution is 2.36. The zero-order chi connectivity index (χ0) is 14.7. The van der Waals surface area contributed by atoms with Crippen LogP contribution in [0.3, 0.4) is 0 Å². The third kappa shape index (κ3) is 2.91. The summed E-state index contributed by atoms with van der Waals surface area (Å²) >= 11 is 6.20. The molecule has 1 aliphatic heterocycles. The van der Waals surface area contributed by atoms with Crippen LogP contribution in [0.1, 0.15) is 25.3 Å². The smallest absolute Gasteiger partial charge is 0.150 e. The number of rotatable bonds is 4. The first-order chi connectivity index (χ1) is 9.58. The van der Waals surface area contributed by atoms with Crippen LogP contribution >= 0.6 is 11.6 Å². The second-order valence-corrected chi connectivity index (χ2v) is 5.38. The van der Waals surface area contributed by atoms with Gasteiger partial charge in [-0.25, -0.2) is 0 Å². The summed E-state index contributed by atoms with van der Waals surface area (Å²) in [7, 11) is 5.35. The van der Waals surface area contributed by atoms with Gasteiger partial charge in [-0.1, -0.05) is 11.6 Å². The molecule has 5 heteroatoms. The molecule has 1 fully saturated rings. The Labute approximate surface area is 125 Å². The van der Waals surface area contributed by atoms with E-state index in [0.29, 0.717) is 10.8 Å². The monoisotopic (exact) mass is 296 g/mol. The lowest BCUT2D eigenvalue weighted by molar-refractivity contribution is 0.320. The maximum absolute atomic E-state index is 6.20. The largest absolute Gasteiger partial charge is 0.496 e. The first-order valence-electron chi connectivity index (χ1n) is 6.74. The molecule has 110 valence electrons. The molecule has 0 amide bonds. The van der Waals surface area contributed by atoms with Gasteiger partial charge in [0.1, 0.15) is 17.7 Å². The van der Waals surface area contributed by atoms with E-state index in [0.717, 1.165) is 30.0 Å².